The van der Waals surface area contributed by atoms with Crippen molar-refractivity contribution in [2.45, 2.75) is 6.92 Å². The van der Waals surface area contributed by atoms with Crippen molar-refractivity contribution in [2.75, 3.05) is 0 Å². The van der Waals surface area contributed by atoms with Gasteiger partial charge in [0.15, 0.2) is 0 Å². The molecule has 0 radical (unpaired) electrons. The van der Waals surface area contributed by atoms with Crippen molar-refractivity contribution in [1.29, 1.82) is 0 Å². The van der Waals surface area contributed by atoms with E-state index in [9.17, 15) is 0 Å². The van der Waals surface area contributed by atoms with Gasteiger partial charge in [0.2, 0.25) is 0 Å². The van der Waals surface area contributed by atoms with Gasteiger partial charge in [0, 0.05) is 0 Å². The van der Waals surface area contributed by atoms with E-state index in [1.807, 2.05) is 0 Å². The molecule has 3 rings (SSSR count). The van der Waals surface area contributed by atoms with Gasteiger partial charge in [0.1, 0.15) is 0 Å². The van der Waals surface area contributed by atoms with Gasteiger partial charge in [-0.1, -0.05) is 48.9 Å². The first-order valence-electron chi connectivity index (χ1n) is 5.56. The minimum Gasteiger partial charge on any atom is -1.00 e. The number of benzene rings is 2. The molecule has 0 N–H and O–H groups in total. The van der Waals surface area contributed by atoms with Gasteiger partial charge in [-0.3, -0.25) is 0 Å². The fourth-order valence-corrected chi connectivity index (χ4v) is 2.25. The normalized spacial score (nSPS) is 8.65. The van der Waals surface area contributed by atoms with Crippen LogP contribution in [0.5, 0.6) is 0 Å². The maximum Gasteiger partial charge on any atom is 4.00 e. The van der Waals surface area contributed by atoms with Crippen molar-refractivity contribution in [3.63, 3.8) is 0 Å². The third-order valence-electron chi connectivity index (χ3n) is 2.98. The number of halogens is 2. The maximum absolute atomic E-state index is 2.26. The summed E-state index contributed by atoms with van der Waals surface area (Å²) in [6, 6.07) is 21.6. The van der Waals surface area contributed by atoms with Crippen LogP contribution in [0.25, 0.3) is 21.9 Å². The van der Waals surface area contributed by atoms with Gasteiger partial charge in [0.05, 0.1) is 0 Å². The Labute approximate surface area is 152 Å². The molecule has 3 aromatic rings. The minimum atomic E-state index is 0. The number of hydrogen-bond acceptors (Lipinski definition) is 0. The molecule has 0 unspecified atom stereocenters. The second-order valence-electron chi connectivity index (χ2n) is 4.21. The first kappa shape index (κ1) is 21.8. The van der Waals surface area contributed by atoms with Gasteiger partial charge in [0.25, 0.3) is 0 Å². The van der Waals surface area contributed by atoms with E-state index in [1.54, 1.807) is 0 Å². The molecule has 0 bridgehead atoms. The molecule has 3 aromatic carbocycles. The van der Waals surface area contributed by atoms with Gasteiger partial charge < -0.3 is 32.2 Å². The summed E-state index contributed by atoms with van der Waals surface area (Å²) in [5.74, 6) is 0. The summed E-state index contributed by atoms with van der Waals surface area (Å²) in [7, 11) is 0. The van der Waals surface area contributed by atoms with Crippen LogP contribution in [0.15, 0.2) is 60.7 Å². The van der Waals surface area contributed by atoms with Gasteiger partial charge in [-0.05, 0) is 5.56 Å². The van der Waals surface area contributed by atoms with Crippen LogP contribution >= 0.6 is 0 Å². The average molecular weight is 382 g/mol. The molecule has 0 saturated heterocycles. The Morgan fingerprint density at radius 3 is 2.15 bits per heavy atom. The number of fused-ring (bicyclic) bond motifs is 1. The van der Waals surface area contributed by atoms with E-state index in [0.717, 1.165) is 0 Å². The van der Waals surface area contributed by atoms with E-state index in [4.69, 9.17) is 0 Å². The summed E-state index contributed by atoms with van der Waals surface area (Å²) in [5, 5.41) is 2.69. The third kappa shape index (κ3) is 4.25. The van der Waals surface area contributed by atoms with E-state index in [2.05, 4.69) is 67.6 Å². The molecule has 0 spiro atoms. The summed E-state index contributed by atoms with van der Waals surface area (Å²) in [6.07, 6.45) is 0. The van der Waals surface area contributed by atoms with E-state index in [1.165, 1.54) is 27.5 Å². The molecule has 102 valence electrons. The topological polar surface area (TPSA) is 0 Å². The van der Waals surface area contributed by atoms with Gasteiger partial charge in [-0.2, -0.15) is 6.07 Å². The summed E-state index contributed by atoms with van der Waals surface area (Å²) in [5.41, 5.74) is 3.95. The van der Waals surface area contributed by atoms with Crippen molar-refractivity contribution in [3.8, 4) is 11.1 Å². The van der Waals surface area contributed by atoms with E-state index in [0.29, 0.717) is 0 Å². The zero-order valence-electron chi connectivity index (χ0n) is 11.5. The molecule has 0 nitrogen and oxygen atoms in total. The Morgan fingerprint density at radius 2 is 1.50 bits per heavy atom. The molecule has 0 atom stereocenters. The molecule has 0 saturated carbocycles. The molecule has 0 amide bonds. The second-order valence-corrected chi connectivity index (χ2v) is 4.21. The zero-order chi connectivity index (χ0) is 11.0. The Morgan fingerprint density at radius 1 is 0.850 bits per heavy atom. The minimum absolute atomic E-state index is 0. The molecule has 0 aliphatic carbocycles. The third-order valence-corrected chi connectivity index (χ3v) is 2.98. The molecule has 0 heterocycles. The molecule has 0 aliphatic heterocycles. The summed E-state index contributed by atoms with van der Waals surface area (Å²) < 4.78 is 0. The quantitative estimate of drug-likeness (QED) is 0.474. The SMILES string of the molecule is Cc1cc2c(-c3ccccc3)cccc2[cH-]1.[CH3-].[Cl-].[Cl-].[Zr+4]. The number of rotatable bonds is 1. The molecule has 20 heavy (non-hydrogen) atoms. The standard InChI is InChI=1S/C16H13.CH3.2ClH.Zr/c1-12-10-14-8-5-9-15(16(14)11-12)13-6-3-2-4-7-13;;;;/h2-11H,1H3;1H3;2*1H;/q2*-1;;;+4/p-2. The molecular formula is C17H16Cl2Zr. The fourth-order valence-electron chi connectivity index (χ4n) is 2.25. The summed E-state index contributed by atoms with van der Waals surface area (Å²) in [6.45, 7) is 2.15. The monoisotopic (exact) mass is 380 g/mol. The maximum atomic E-state index is 2.26. The van der Waals surface area contributed by atoms with Crippen LogP contribution in [0.3, 0.4) is 0 Å². The summed E-state index contributed by atoms with van der Waals surface area (Å²) in [4.78, 5) is 0. The average Bonchev–Trinajstić information content (AvgIpc) is 2.70. The first-order chi connectivity index (χ1) is 7.84. The van der Waals surface area contributed by atoms with Crippen LogP contribution in [0.2, 0.25) is 0 Å². The van der Waals surface area contributed by atoms with Gasteiger partial charge >= 0.3 is 26.2 Å². The Balaban J connectivity index is 0. The van der Waals surface area contributed by atoms with Crippen LogP contribution < -0.4 is 24.8 Å². The van der Waals surface area contributed by atoms with Crippen molar-refractivity contribution < 1.29 is 51.0 Å². The molecule has 3 heteroatoms. The van der Waals surface area contributed by atoms with E-state index >= 15 is 0 Å². The van der Waals surface area contributed by atoms with Gasteiger partial charge in [-0.25, -0.2) is 0 Å². The fraction of sp³-hybridized carbons (Fsp3) is 0.0588. The smallest absolute Gasteiger partial charge is 1.00 e. The number of hydrogen-bond donors (Lipinski definition) is 0. The van der Waals surface area contributed by atoms with Crippen LogP contribution in [0.4, 0.5) is 0 Å². The Hall–Kier alpha value is -0.487. The van der Waals surface area contributed by atoms with Crippen LogP contribution in [-0.4, -0.2) is 0 Å². The predicted molar refractivity (Wildman–Crippen MR) is 76.1 cm³/mol. The summed E-state index contributed by atoms with van der Waals surface area (Å²) >= 11 is 0. The van der Waals surface area contributed by atoms with E-state index in [-0.39, 0.29) is 58.4 Å². The predicted octanol–water partition coefficient (Wildman–Crippen LogP) is -1.01. The van der Waals surface area contributed by atoms with Crippen LogP contribution in [0, 0.1) is 14.4 Å². The van der Waals surface area contributed by atoms with Crippen LogP contribution in [-0.2, 0) is 26.2 Å². The van der Waals surface area contributed by atoms with Crippen molar-refractivity contribution in [2.24, 2.45) is 0 Å². The Kier molecular flexibility index (Phi) is 10.3. The van der Waals surface area contributed by atoms with Crippen LogP contribution in [0.1, 0.15) is 5.56 Å². The Bertz CT molecular complexity index is 630. The largest absolute Gasteiger partial charge is 4.00 e. The zero-order valence-corrected chi connectivity index (χ0v) is 15.5. The molecule has 0 fully saturated rings. The van der Waals surface area contributed by atoms with Gasteiger partial charge in [-0.15, -0.1) is 34.5 Å². The molecule has 0 aromatic heterocycles. The van der Waals surface area contributed by atoms with Crippen molar-refractivity contribution in [1.82, 2.24) is 0 Å². The van der Waals surface area contributed by atoms with Crippen molar-refractivity contribution >= 4 is 10.8 Å². The van der Waals surface area contributed by atoms with E-state index < -0.39 is 0 Å². The molecule has 0 aliphatic rings. The second kappa shape index (κ2) is 9.45. The molecular weight excluding hydrogens is 366 g/mol. The number of aryl methyl sites for hydroxylation is 1. The van der Waals surface area contributed by atoms with Crippen molar-refractivity contribution in [3.05, 3.63) is 73.7 Å². The first-order valence-corrected chi connectivity index (χ1v) is 5.56.